The van der Waals surface area contributed by atoms with E-state index < -0.39 is 0 Å². The van der Waals surface area contributed by atoms with Crippen molar-refractivity contribution in [3.05, 3.63) is 34.3 Å². The minimum absolute atomic E-state index is 0.0581. The highest BCUT2D eigenvalue weighted by molar-refractivity contribution is 9.10. The van der Waals surface area contributed by atoms with Crippen LogP contribution in [0.2, 0.25) is 0 Å². The van der Waals surface area contributed by atoms with Crippen LogP contribution < -0.4 is 5.32 Å². The molecule has 1 aromatic rings. The van der Waals surface area contributed by atoms with E-state index in [1.165, 1.54) is 18.4 Å². The average molecular weight is 326 g/mol. The van der Waals surface area contributed by atoms with Crippen molar-refractivity contribution < 1.29 is 4.74 Å². The number of benzene rings is 1. The van der Waals surface area contributed by atoms with E-state index in [4.69, 9.17) is 4.74 Å². The first-order valence-corrected chi connectivity index (χ1v) is 7.92. The molecular weight excluding hydrogens is 302 g/mol. The van der Waals surface area contributed by atoms with E-state index in [0.29, 0.717) is 6.04 Å². The molecular formula is C16H24BrNO. The number of hydrogen-bond acceptors (Lipinski definition) is 2. The summed E-state index contributed by atoms with van der Waals surface area (Å²) in [6.45, 7) is 8.05. The van der Waals surface area contributed by atoms with Crippen LogP contribution in [0.5, 0.6) is 0 Å². The van der Waals surface area contributed by atoms with Crippen LogP contribution in [0, 0.1) is 0 Å². The Bertz CT molecular complexity index is 396. The Kier molecular flexibility index (Phi) is 5.04. The summed E-state index contributed by atoms with van der Waals surface area (Å²) in [5, 5.41) is 3.62. The maximum Gasteiger partial charge on any atom is 0.0750 e. The normalized spacial score (nSPS) is 23.2. The van der Waals surface area contributed by atoms with Crippen molar-refractivity contribution in [2.24, 2.45) is 0 Å². The molecule has 0 spiro atoms. The molecule has 1 saturated carbocycles. The van der Waals surface area contributed by atoms with E-state index in [1.54, 1.807) is 0 Å². The van der Waals surface area contributed by atoms with Gasteiger partial charge in [-0.2, -0.15) is 0 Å². The first kappa shape index (κ1) is 15.0. The van der Waals surface area contributed by atoms with Crippen molar-refractivity contribution in [3.63, 3.8) is 0 Å². The molecule has 0 aromatic heterocycles. The summed E-state index contributed by atoms with van der Waals surface area (Å²) in [7, 11) is 0. The molecule has 106 valence electrons. The number of rotatable bonds is 6. The van der Waals surface area contributed by atoms with Crippen LogP contribution >= 0.6 is 15.9 Å². The van der Waals surface area contributed by atoms with E-state index in [9.17, 15) is 0 Å². The average Bonchev–Trinajstić information content (AvgIpc) is 2.29. The minimum Gasteiger partial charge on any atom is -0.375 e. The number of halogens is 1. The zero-order valence-electron chi connectivity index (χ0n) is 12.1. The summed E-state index contributed by atoms with van der Waals surface area (Å²) in [4.78, 5) is 0. The minimum atomic E-state index is -0.0581. The second-order valence-corrected chi connectivity index (χ2v) is 6.91. The van der Waals surface area contributed by atoms with E-state index in [0.717, 1.165) is 23.5 Å². The van der Waals surface area contributed by atoms with Crippen molar-refractivity contribution >= 4 is 15.9 Å². The van der Waals surface area contributed by atoms with Gasteiger partial charge in [-0.25, -0.2) is 0 Å². The molecule has 19 heavy (non-hydrogen) atoms. The molecule has 3 heteroatoms. The topological polar surface area (TPSA) is 21.3 Å². The van der Waals surface area contributed by atoms with Gasteiger partial charge in [-0.05, 0) is 57.2 Å². The van der Waals surface area contributed by atoms with Gasteiger partial charge in [-0.3, -0.25) is 0 Å². The van der Waals surface area contributed by atoms with Gasteiger partial charge in [0, 0.05) is 23.7 Å². The Morgan fingerprint density at radius 2 is 1.89 bits per heavy atom. The van der Waals surface area contributed by atoms with Gasteiger partial charge in [0.1, 0.15) is 0 Å². The SMILES string of the molecule is CCOC(C)(C)CNC1CC(c2ccc(Br)cc2)C1. The first-order chi connectivity index (χ1) is 9.00. The standard InChI is InChI=1S/C16H24BrNO/c1-4-19-16(2,3)11-18-15-9-13(10-15)12-5-7-14(17)8-6-12/h5-8,13,15,18H,4,9-11H2,1-3H3. The lowest BCUT2D eigenvalue weighted by molar-refractivity contribution is -0.0128. The van der Waals surface area contributed by atoms with E-state index in [-0.39, 0.29) is 5.60 Å². The lowest BCUT2D eigenvalue weighted by Gasteiger charge is -2.38. The third-order valence-corrected chi connectivity index (χ3v) is 4.36. The molecule has 0 heterocycles. The zero-order valence-corrected chi connectivity index (χ0v) is 13.7. The summed E-state index contributed by atoms with van der Waals surface area (Å²) >= 11 is 3.48. The summed E-state index contributed by atoms with van der Waals surface area (Å²) in [6, 6.07) is 9.38. The summed E-state index contributed by atoms with van der Waals surface area (Å²) in [6.07, 6.45) is 2.48. The predicted octanol–water partition coefficient (Wildman–Crippen LogP) is 4.10. The van der Waals surface area contributed by atoms with Gasteiger partial charge in [0.15, 0.2) is 0 Å². The molecule has 1 fully saturated rings. The van der Waals surface area contributed by atoms with Crippen LogP contribution in [-0.2, 0) is 4.74 Å². The highest BCUT2D eigenvalue weighted by Crippen LogP contribution is 2.37. The number of ether oxygens (including phenoxy) is 1. The second kappa shape index (κ2) is 6.38. The maximum absolute atomic E-state index is 5.71. The Hall–Kier alpha value is -0.380. The van der Waals surface area contributed by atoms with Crippen LogP contribution in [0.3, 0.4) is 0 Å². The molecule has 0 amide bonds. The Balaban J connectivity index is 1.73. The zero-order chi connectivity index (χ0) is 13.9. The van der Waals surface area contributed by atoms with Crippen molar-refractivity contribution in [2.75, 3.05) is 13.2 Å². The van der Waals surface area contributed by atoms with Crippen LogP contribution in [0.4, 0.5) is 0 Å². The molecule has 0 aliphatic heterocycles. The molecule has 1 aliphatic rings. The maximum atomic E-state index is 5.71. The van der Waals surface area contributed by atoms with Crippen LogP contribution in [0.1, 0.15) is 45.1 Å². The van der Waals surface area contributed by atoms with E-state index >= 15 is 0 Å². The molecule has 0 saturated heterocycles. The lowest BCUT2D eigenvalue weighted by Crippen LogP contribution is -2.47. The predicted molar refractivity (Wildman–Crippen MR) is 83.6 cm³/mol. The quantitative estimate of drug-likeness (QED) is 0.850. The molecule has 2 nitrogen and oxygen atoms in total. The molecule has 0 bridgehead atoms. The third kappa shape index (κ3) is 4.30. The van der Waals surface area contributed by atoms with Gasteiger partial charge < -0.3 is 10.1 Å². The summed E-state index contributed by atoms with van der Waals surface area (Å²) < 4.78 is 6.86. The van der Waals surface area contributed by atoms with Gasteiger partial charge in [-0.15, -0.1) is 0 Å². The highest BCUT2D eigenvalue weighted by atomic mass is 79.9. The summed E-state index contributed by atoms with van der Waals surface area (Å²) in [5.74, 6) is 0.723. The van der Waals surface area contributed by atoms with Crippen molar-refractivity contribution in [3.8, 4) is 0 Å². The van der Waals surface area contributed by atoms with E-state index in [1.807, 2.05) is 0 Å². The van der Waals surface area contributed by atoms with Gasteiger partial charge >= 0.3 is 0 Å². The summed E-state index contributed by atoms with van der Waals surface area (Å²) in [5.41, 5.74) is 1.41. The van der Waals surface area contributed by atoms with Crippen LogP contribution in [0.25, 0.3) is 0 Å². The fourth-order valence-corrected chi connectivity index (χ4v) is 2.89. The third-order valence-electron chi connectivity index (χ3n) is 3.83. The molecule has 0 radical (unpaired) electrons. The van der Waals surface area contributed by atoms with Crippen molar-refractivity contribution in [1.29, 1.82) is 0 Å². The fourth-order valence-electron chi connectivity index (χ4n) is 2.62. The van der Waals surface area contributed by atoms with Crippen LogP contribution in [0.15, 0.2) is 28.7 Å². The lowest BCUT2D eigenvalue weighted by atomic mass is 9.76. The molecule has 0 unspecified atom stereocenters. The number of hydrogen-bond donors (Lipinski definition) is 1. The number of nitrogens with one attached hydrogen (secondary N) is 1. The van der Waals surface area contributed by atoms with Crippen molar-refractivity contribution in [2.45, 2.75) is 51.2 Å². The molecule has 1 N–H and O–H groups in total. The van der Waals surface area contributed by atoms with Crippen LogP contribution in [-0.4, -0.2) is 24.8 Å². The molecule has 2 rings (SSSR count). The molecule has 1 aromatic carbocycles. The van der Waals surface area contributed by atoms with Gasteiger partial charge in [0.25, 0.3) is 0 Å². The van der Waals surface area contributed by atoms with Gasteiger partial charge in [-0.1, -0.05) is 28.1 Å². The monoisotopic (exact) mass is 325 g/mol. The molecule has 0 atom stereocenters. The fraction of sp³-hybridized carbons (Fsp3) is 0.625. The Morgan fingerprint density at radius 3 is 2.47 bits per heavy atom. The highest BCUT2D eigenvalue weighted by Gasteiger charge is 2.31. The largest absolute Gasteiger partial charge is 0.375 e. The van der Waals surface area contributed by atoms with Gasteiger partial charge in [0.2, 0.25) is 0 Å². The molecule has 1 aliphatic carbocycles. The Morgan fingerprint density at radius 1 is 1.26 bits per heavy atom. The Labute approximate surface area is 125 Å². The first-order valence-electron chi connectivity index (χ1n) is 7.13. The smallest absolute Gasteiger partial charge is 0.0750 e. The van der Waals surface area contributed by atoms with Crippen molar-refractivity contribution in [1.82, 2.24) is 5.32 Å². The van der Waals surface area contributed by atoms with E-state index in [2.05, 4.69) is 66.3 Å². The second-order valence-electron chi connectivity index (χ2n) is 5.99. The van der Waals surface area contributed by atoms with Gasteiger partial charge in [0.05, 0.1) is 5.60 Å².